The lowest BCUT2D eigenvalue weighted by molar-refractivity contribution is -0.143. The van der Waals surface area contributed by atoms with Crippen LogP contribution >= 0.6 is 0 Å². The molecule has 0 fully saturated rings. The van der Waals surface area contributed by atoms with Crippen LogP contribution in [0.15, 0.2) is 36.5 Å². The second-order valence-corrected chi connectivity index (χ2v) is 22.4. The quantitative estimate of drug-likeness (QED) is 0.0320. The molecule has 430 valence electrons. The summed E-state index contributed by atoms with van der Waals surface area (Å²) in [6, 6.07) is -0.637. The maximum atomic E-state index is 12.5. The molecule has 6 nitrogen and oxygen atoms in total. The molecule has 0 aliphatic carbocycles. The van der Waals surface area contributed by atoms with Crippen molar-refractivity contribution < 1.29 is 24.5 Å². The summed E-state index contributed by atoms with van der Waals surface area (Å²) in [4.78, 5) is 24.5. The number of aliphatic hydroxyl groups is 2. The summed E-state index contributed by atoms with van der Waals surface area (Å²) in [5, 5.41) is 23.2. The second kappa shape index (κ2) is 62.6. The van der Waals surface area contributed by atoms with Gasteiger partial charge in [0.05, 0.1) is 25.4 Å². The van der Waals surface area contributed by atoms with E-state index >= 15 is 0 Å². The molecule has 0 aromatic heterocycles. The average Bonchev–Trinajstić information content (AvgIpc) is 3.39. The van der Waals surface area contributed by atoms with E-state index in [0.717, 1.165) is 51.4 Å². The summed E-state index contributed by atoms with van der Waals surface area (Å²) in [6.07, 6.45) is 79.1. The van der Waals surface area contributed by atoms with Crippen molar-refractivity contribution in [3.8, 4) is 0 Å². The third-order valence-corrected chi connectivity index (χ3v) is 15.1. The Balaban J connectivity index is 3.47. The summed E-state index contributed by atoms with van der Waals surface area (Å²) in [5.41, 5.74) is 0. The van der Waals surface area contributed by atoms with E-state index in [-0.39, 0.29) is 18.5 Å². The van der Waals surface area contributed by atoms with Crippen LogP contribution in [0.2, 0.25) is 0 Å². The smallest absolute Gasteiger partial charge is 0.305 e. The van der Waals surface area contributed by atoms with E-state index in [1.54, 1.807) is 6.08 Å². The monoisotopic (exact) mass is 1030 g/mol. The molecule has 1 amide bonds. The minimum Gasteiger partial charge on any atom is -0.466 e. The first-order valence-corrected chi connectivity index (χ1v) is 32.8. The van der Waals surface area contributed by atoms with Crippen LogP contribution in [0.5, 0.6) is 0 Å². The van der Waals surface area contributed by atoms with Crippen LogP contribution < -0.4 is 5.32 Å². The van der Waals surface area contributed by atoms with Crippen molar-refractivity contribution in [1.29, 1.82) is 0 Å². The predicted octanol–water partition coefficient (Wildman–Crippen LogP) is 20.8. The van der Waals surface area contributed by atoms with E-state index in [1.807, 2.05) is 6.08 Å². The lowest BCUT2D eigenvalue weighted by Crippen LogP contribution is -2.45. The third-order valence-electron chi connectivity index (χ3n) is 15.1. The Bertz CT molecular complexity index is 1180. The van der Waals surface area contributed by atoms with Gasteiger partial charge in [-0.15, -0.1) is 0 Å². The van der Waals surface area contributed by atoms with Crippen molar-refractivity contribution in [2.75, 3.05) is 13.2 Å². The number of esters is 1. The van der Waals surface area contributed by atoms with Gasteiger partial charge in [0.25, 0.3) is 0 Å². The number of allylic oxidation sites excluding steroid dienone is 5. The van der Waals surface area contributed by atoms with Gasteiger partial charge in [0, 0.05) is 12.8 Å². The molecule has 0 aliphatic rings. The molecule has 0 saturated heterocycles. The molecule has 0 heterocycles. The van der Waals surface area contributed by atoms with Crippen molar-refractivity contribution in [2.24, 2.45) is 0 Å². The van der Waals surface area contributed by atoms with Gasteiger partial charge in [-0.1, -0.05) is 294 Å². The molecular weight excluding hydrogens is 899 g/mol. The number of amides is 1. The predicted molar refractivity (Wildman–Crippen MR) is 319 cm³/mol. The number of nitrogens with one attached hydrogen (secondary N) is 1. The lowest BCUT2D eigenvalue weighted by atomic mass is 10.0. The van der Waals surface area contributed by atoms with Gasteiger partial charge in [0.1, 0.15) is 0 Å². The topological polar surface area (TPSA) is 95.9 Å². The zero-order valence-electron chi connectivity index (χ0n) is 49.1. The van der Waals surface area contributed by atoms with Crippen LogP contribution in [0.4, 0.5) is 0 Å². The van der Waals surface area contributed by atoms with Gasteiger partial charge in [-0.3, -0.25) is 9.59 Å². The summed E-state index contributed by atoms with van der Waals surface area (Å²) < 4.78 is 5.46. The molecule has 2 atom stereocenters. The van der Waals surface area contributed by atoms with E-state index in [0.29, 0.717) is 19.4 Å². The Kier molecular flexibility index (Phi) is 61.0. The van der Waals surface area contributed by atoms with Crippen LogP contribution in [0.3, 0.4) is 0 Å². The summed E-state index contributed by atoms with van der Waals surface area (Å²) >= 11 is 0. The molecular formula is C67H127NO5. The van der Waals surface area contributed by atoms with Crippen LogP contribution in [0.1, 0.15) is 354 Å². The number of carbonyl (C=O) groups is 2. The zero-order chi connectivity index (χ0) is 52.9. The fourth-order valence-corrected chi connectivity index (χ4v) is 10.1. The lowest BCUT2D eigenvalue weighted by Gasteiger charge is -2.20. The molecule has 0 radical (unpaired) electrons. The Morgan fingerprint density at radius 1 is 0.370 bits per heavy atom. The second-order valence-electron chi connectivity index (χ2n) is 22.4. The van der Waals surface area contributed by atoms with Gasteiger partial charge in [-0.2, -0.15) is 0 Å². The average molecular weight is 1030 g/mol. The number of carbonyl (C=O) groups excluding carboxylic acids is 2. The van der Waals surface area contributed by atoms with Gasteiger partial charge in [-0.25, -0.2) is 0 Å². The van der Waals surface area contributed by atoms with Gasteiger partial charge in [0.2, 0.25) is 5.91 Å². The molecule has 0 aromatic carbocycles. The normalized spacial score (nSPS) is 12.8. The minimum atomic E-state index is -0.853. The summed E-state index contributed by atoms with van der Waals surface area (Å²) in [5.74, 6) is -0.0811. The summed E-state index contributed by atoms with van der Waals surface area (Å²) in [6.45, 7) is 4.89. The van der Waals surface area contributed by atoms with Gasteiger partial charge >= 0.3 is 5.97 Å². The molecule has 6 heteroatoms. The van der Waals surface area contributed by atoms with Gasteiger partial charge < -0.3 is 20.3 Å². The third kappa shape index (κ3) is 59.2. The SMILES string of the molecule is CCCCC/C=C\CCCCCCCC(=O)OCCCCCCCCCC/C=C\CCCCCCCCCC(=O)NC(CO)C(O)/C=C/CCCCCCCCCCCCCCCCCCCCCCCCC. The molecule has 0 rings (SSSR count). The zero-order valence-corrected chi connectivity index (χ0v) is 49.1. The number of ether oxygens (including phenoxy) is 1. The molecule has 0 bridgehead atoms. The maximum Gasteiger partial charge on any atom is 0.305 e. The van der Waals surface area contributed by atoms with Crippen molar-refractivity contribution in [1.82, 2.24) is 5.32 Å². The largest absolute Gasteiger partial charge is 0.466 e. The van der Waals surface area contributed by atoms with E-state index in [1.165, 1.54) is 276 Å². The number of hydrogen-bond donors (Lipinski definition) is 3. The Hall–Kier alpha value is -1.92. The highest BCUT2D eigenvalue weighted by Gasteiger charge is 2.18. The van der Waals surface area contributed by atoms with Crippen LogP contribution in [-0.4, -0.2) is 47.4 Å². The minimum absolute atomic E-state index is 0.00658. The maximum absolute atomic E-state index is 12.5. The first-order chi connectivity index (χ1) is 36.0. The molecule has 73 heavy (non-hydrogen) atoms. The van der Waals surface area contributed by atoms with Crippen molar-refractivity contribution in [3.63, 3.8) is 0 Å². The number of aliphatic hydroxyl groups excluding tert-OH is 2. The number of rotatable bonds is 61. The highest BCUT2D eigenvalue weighted by Crippen LogP contribution is 2.18. The number of unbranched alkanes of at least 4 members (excludes halogenated alkanes) is 46. The Morgan fingerprint density at radius 2 is 0.644 bits per heavy atom. The van der Waals surface area contributed by atoms with E-state index < -0.39 is 12.1 Å². The Labute approximate surface area is 455 Å². The highest BCUT2D eigenvalue weighted by molar-refractivity contribution is 5.76. The fourth-order valence-electron chi connectivity index (χ4n) is 10.1. The first-order valence-electron chi connectivity index (χ1n) is 32.8. The molecule has 0 spiro atoms. The van der Waals surface area contributed by atoms with Crippen LogP contribution in [0.25, 0.3) is 0 Å². The molecule has 0 saturated carbocycles. The van der Waals surface area contributed by atoms with E-state index in [9.17, 15) is 19.8 Å². The van der Waals surface area contributed by atoms with Crippen molar-refractivity contribution in [2.45, 2.75) is 366 Å². The molecule has 3 N–H and O–H groups in total. The molecule has 0 aliphatic heterocycles. The van der Waals surface area contributed by atoms with E-state index in [4.69, 9.17) is 4.74 Å². The molecule has 0 aromatic rings. The van der Waals surface area contributed by atoms with Crippen molar-refractivity contribution in [3.05, 3.63) is 36.5 Å². The van der Waals surface area contributed by atoms with E-state index in [2.05, 4.69) is 43.5 Å². The molecule has 2 unspecified atom stereocenters. The van der Waals surface area contributed by atoms with Gasteiger partial charge in [-0.05, 0) is 83.5 Å². The van der Waals surface area contributed by atoms with Crippen molar-refractivity contribution >= 4 is 11.9 Å². The fraction of sp³-hybridized carbons (Fsp3) is 0.881. The van der Waals surface area contributed by atoms with Crippen LogP contribution in [0, 0.1) is 0 Å². The Morgan fingerprint density at radius 3 is 1.00 bits per heavy atom. The standard InChI is InChI=1S/C67H127NO5/c1-3-5-7-9-11-13-15-17-18-19-20-21-22-23-24-25-27-30-33-36-39-43-47-51-55-59-65(70)64(63-69)68-66(71)60-56-52-48-44-40-37-34-31-28-26-29-32-35-38-42-46-50-54-58-62-73-67(72)61-57-53-49-45-41-16-14-12-10-8-6-4-2/h12,14,26,28,55,59,64-65,69-70H,3-11,13,15-25,27,29-54,56-58,60-63H2,1-2H3,(H,68,71)/b14-12-,28-26-,59-55+. The first kappa shape index (κ1) is 71.1. The summed E-state index contributed by atoms with van der Waals surface area (Å²) in [7, 11) is 0. The number of hydrogen-bond acceptors (Lipinski definition) is 5. The highest BCUT2D eigenvalue weighted by atomic mass is 16.5. The van der Waals surface area contributed by atoms with Gasteiger partial charge in [0.15, 0.2) is 0 Å². The van der Waals surface area contributed by atoms with Crippen LogP contribution in [-0.2, 0) is 14.3 Å².